The zero-order valence-electron chi connectivity index (χ0n) is 11.7. The van der Waals surface area contributed by atoms with Gasteiger partial charge in [-0.25, -0.2) is 9.59 Å². The molecule has 0 aromatic heterocycles. The van der Waals surface area contributed by atoms with Crippen molar-refractivity contribution in [2.24, 2.45) is 0 Å². The maximum Gasteiger partial charge on any atom is 0.327 e. The second-order valence-electron chi connectivity index (χ2n) is 5.34. The summed E-state index contributed by atoms with van der Waals surface area (Å²) >= 11 is 1.50. The second-order valence-corrected chi connectivity index (χ2v) is 6.34. The van der Waals surface area contributed by atoms with Crippen molar-refractivity contribution in [3.8, 4) is 0 Å². The molecule has 2 aliphatic heterocycles. The number of aryl methyl sites for hydroxylation is 1. The van der Waals surface area contributed by atoms with Gasteiger partial charge in [0.1, 0.15) is 6.04 Å². The van der Waals surface area contributed by atoms with Crippen LogP contribution in [0.15, 0.2) is 24.3 Å². The Morgan fingerprint density at radius 2 is 2.05 bits per heavy atom. The second kappa shape index (κ2) is 5.97. The number of carboxylic acid groups (broad SMARTS) is 1. The van der Waals surface area contributed by atoms with Crippen LogP contribution in [0.1, 0.15) is 18.4 Å². The van der Waals surface area contributed by atoms with E-state index in [0.29, 0.717) is 18.2 Å². The molecule has 0 spiro atoms. The van der Waals surface area contributed by atoms with Gasteiger partial charge < -0.3 is 10.0 Å². The first-order chi connectivity index (χ1) is 10.2. The summed E-state index contributed by atoms with van der Waals surface area (Å²) in [5, 5.41) is 9.26. The number of benzene rings is 1. The Bertz CT molecular complexity index is 564. The number of rotatable bonds is 1. The Balaban J connectivity index is 1.89. The van der Waals surface area contributed by atoms with Crippen LogP contribution in [0.25, 0.3) is 0 Å². The molecule has 6 heteroatoms. The molecule has 21 heavy (non-hydrogen) atoms. The molecule has 1 N–H and O–H groups in total. The minimum absolute atomic E-state index is 0.179. The van der Waals surface area contributed by atoms with E-state index in [-0.39, 0.29) is 6.03 Å². The van der Waals surface area contributed by atoms with E-state index in [0.717, 1.165) is 24.9 Å². The van der Waals surface area contributed by atoms with Crippen LogP contribution >= 0.6 is 11.8 Å². The zero-order valence-corrected chi connectivity index (χ0v) is 12.5. The largest absolute Gasteiger partial charge is 0.480 e. The van der Waals surface area contributed by atoms with E-state index < -0.39 is 12.0 Å². The van der Waals surface area contributed by atoms with Crippen molar-refractivity contribution >= 4 is 29.4 Å². The van der Waals surface area contributed by atoms with E-state index >= 15 is 0 Å². The summed E-state index contributed by atoms with van der Waals surface area (Å²) in [5.74, 6) is 0.00171. The highest BCUT2D eigenvalue weighted by molar-refractivity contribution is 7.99. The van der Waals surface area contributed by atoms with E-state index in [1.807, 2.05) is 24.3 Å². The highest BCUT2D eigenvalue weighted by Crippen LogP contribution is 2.30. The fourth-order valence-corrected chi connectivity index (χ4v) is 4.02. The molecular weight excluding hydrogens is 288 g/mol. The minimum atomic E-state index is -0.920. The van der Waals surface area contributed by atoms with Gasteiger partial charge in [0, 0.05) is 18.0 Å². The third kappa shape index (κ3) is 2.72. The molecule has 1 saturated heterocycles. The van der Waals surface area contributed by atoms with Crippen LogP contribution in [0.4, 0.5) is 10.5 Å². The lowest BCUT2D eigenvalue weighted by molar-refractivity contribution is -0.140. The number of fused-ring (bicyclic) bond motifs is 1. The summed E-state index contributed by atoms with van der Waals surface area (Å²) in [7, 11) is 0. The van der Waals surface area contributed by atoms with Crippen LogP contribution in [0, 0.1) is 0 Å². The minimum Gasteiger partial charge on any atom is -0.480 e. The maximum atomic E-state index is 12.8. The molecule has 0 bridgehead atoms. The molecule has 0 aliphatic carbocycles. The molecule has 5 nitrogen and oxygen atoms in total. The standard InChI is InChI=1S/C15H18N2O3S/c18-14(19)13-9-21-10-17(13)15(20)16-8-4-3-6-11-5-1-2-7-12(11)16/h1-2,5,7,13H,3-4,6,8-10H2,(H,18,19)/t13-/m0/s1. The van der Waals surface area contributed by atoms with Crippen LogP contribution in [0.2, 0.25) is 0 Å². The first kappa shape index (κ1) is 14.3. The Morgan fingerprint density at radius 1 is 1.24 bits per heavy atom. The van der Waals surface area contributed by atoms with Gasteiger partial charge >= 0.3 is 12.0 Å². The number of carboxylic acids is 1. The van der Waals surface area contributed by atoms with Crippen molar-refractivity contribution in [1.82, 2.24) is 4.90 Å². The van der Waals surface area contributed by atoms with Gasteiger partial charge in [-0.05, 0) is 30.9 Å². The topological polar surface area (TPSA) is 60.9 Å². The monoisotopic (exact) mass is 306 g/mol. The van der Waals surface area contributed by atoms with Gasteiger partial charge in [-0.2, -0.15) is 0 Å². The Kier molecular flexibility index (Phi) is 4.05. The number of carbonyl (C=O) groups excluding carboxylic acids is 1. The summed E-state index contributed by atoms with van der Waals surface area (Å²) in [6, 6.07) is 7.03. The number of urea groups is 1. The molecule has 0 unspecified atom stereocenters. The van der Waals surface area contributed by atoms with Gasteiger partial charge in [0.2, 0.25) is 0 Å². The van der Waals surface area contributed by atoms with Gasteiger partial charge in [0.05, 0.1) is 5.88 Å². The van der Waals surface area contributed by atoms with Crippen LogP contribution in [-0.4, -0.2) is 46.2 Å². The number of hydrogen-bond donors (Lipinski definition) is 1. The van der Waals surface area contributed by atoms with E-state index in [4.69, 9.17) is 0 Å². The summed E-state index contributed by atoms with van der Waals surface area (Å²) < 4.78 is 0. The van der Waals surface area contributed by atoms with E-state index in [1.54, 1.807) is 4.90 Å². The summed E-state index contributed by atoms with van der Waals surface area (Å²) in [5.41, 5.74) is 2.10. The van der Waals surface area contributed by atoms with E-state index in [2.05, 4.69) is 0 Å². The molecule has 1 fully saturated rings. The number of thioether (sulfide) groups is 1. The average Bonchev–Trinajstić information content (AvgIpc) is 2.88. The van der Waals surface area contributed by atoms with Gasteiger partial charge in [0.15, 0.2) is 0 Å². The lowest BCUT2D eigenvalue weighted by Gasteiger charge is -2.30. The fourth-order valence-electron chi connectivity index (χ4n) is 2.88. The predicted molar refractivity (Wildman–Crippen MR) is 82.7 cm³/mol. The predicted octanol–water partition coefficient (Wildman–Crippen LogP) is 2.41. The van der Waals surface area contributed by atoms with Gasteiger partial charge in [-0.1, -0.05) is 18.2 Å². The average molecular weight is 306 g/mol. The highest BCUT2D eigenvalue weighted by Gasteiger charge is 2.37. The zero-order chi connectivity index (χ0) is 14.8. The number of para-hydroxylation sites is 1. The molecule has 112 valence electrons. The van der Waals surface area contributed by atoms with Crippen molar-refractivity contribution in [3.05, 3.63) is 29.8 Å². The van der Waals surface area contributed by atoms with E-state index in [9.17, 15) is 14.7 Å². The van der Waals surface area contributed by atoms with Crippen molar-refractivity contribution in [2.45, 2.75) is 25.3 Å². The van der Waals surface area contributed by atoms with Crippen LogP contribution < -0.4 is 4.90 Å². The number of amides is 2. The third-order valence-corrected chi connectivity index (χ3v) is 5.02. The fraction of sp³-hybridized carbons (Fsp3) is 0.467. The lowest BCUT2D eigenvalue weighted by atomic mass is 10.1. The Hall–Kier alpha value is -1.69. The summed E-state index contributed by atoms with van der Waals surface area (Å²) in [6.45, 7) is 0.656. The van der Waals surface area contributed by atoms with Crippen molar-refractivity contribution in [1.29, 1.82) is 0 Å². The number of nitrogens with zero attached hydrogens (tertiary/aromatic N) is 2. The first-order valence-corrected chi connectivity index (χ1v) is 8.30. The van der Waals surface area contributed by atoms with Crippen LogP contribution in [0.5, 0.6) is 0 Å². The number of aliphatic carboxylic acids is 1. The summed E-state index contributed by atoms with van der Waals surface area (Å²) in [4.78, 5) is 27.3. The highest BCUT2D eigenvalue weighted by atomic mass is 32.2. The SMILES string of the molecule is O=C(O)[C@@H]1CSCN1C(=O)N1CCCCc2ccccc21. The molecule has 3 rings (SSSR count). The van der Waals surface area contributed by atoms with Gasteiger partial charge in [0.25, 0.3) is 0 Å². The normalized spacial score (nSPS) is 21.8. The molecule has 0 saturated carbocycles. The quantitative estimate of drug-likeness (QED) is 0.865. The Labute approximate surface area is 127 Å². The third-order valence-electron chi connectivity index (χ3n) is 4.00. The molecule has 2 aliphatic rings. The smallest absolute Gasteiger partial charge is 0.327 e. The number of carbonyl (C=O) groups is 2. The maximum absolute atomic E-state index is 12.8. The number of hydrogen-bond acceptors (Lipinski definition) is 3. The lowest BCUT2D eigenvalue weighted by Crippen LogP contribution is -2.49. The molecule has 0 radical (unpaired) electrons. The van der Waals surface area contributed by atoms with Crippen molar-refractivity contribution in [2.75, 3.05) is 23.1 Å². The molecular formula is C15H18N2O3S. The summed E-state index contributed by atoms with van der Waals surface area (Å²) in [6.07, 6.45) is 2.97. The van der Waals surface area contributed by atoms with Crippen LogP contribution in [0.3, 0.4) is 0 Å². The van der Waals surface area contributed by atoms with Crippen molar-refractivity contribution in [3.63, 3.8) is 0 Å². The van der Waals surface area contributed by atoms with Crippen LogP contribution in [-0.2, 0) is 11.2 Å². The van der Waals surface area contributed by atoms with E-state index in [1.165, 1.54) is 22.2 Å². The first-order valence-electron chi connectivity index (χ1n) is 7.15. The molecule has 1 atom stereocenters. The number of anilines is 1. The molecule has 1 aromatic carbocycles. The Morgan fingerprint density at radius 3 is 2.86 bits per heavy atom. The van der Waals surface area contributed by atoms with Crippen molar-refractivity contribution < 1.29 is 14.7 Å². The van der Waals surface area contributed by atoms with Gasteiger partial charge in [-0.15, -0.1) is 11.8 Å². The van der Waals surface area contributed by atoms with Gasteiger partial charge in [-0.3, -0.25) is 4.90 Å². The molecule has 1 aromatic rings. The molecule has 2 heterocycles. The molecule has 2 amide bonds.